The molecular formula is C15H30N2OS. The van der Waals surface area contributed by atoms with Crippen molar-refractivity contribution in [3.63, 3.8) is 0 Å². The van der Waals surface area contributed by atoms with E-state index in [4.69, 9.17) is 0 Å². The Kier molecular flexibility index (Phi) is 5.44. The molecule has 0 amide bonds. The van der Waals surface area contributed by atoms with Gasteiger partial charge >= 0.3 is 0 Å². The van der Waals surface area contributed by atoms with Crippen LogP contribution >= 0.6 is 0 Å². The maximum absolute atomic E-state index is 11.3. The van der Waals surface area contributed by atoms with Gasteiger partial charge in [-0.15, -0.1) is 0 Å². The molecule has 19 heavy (non-hydrogen) atoms. The minimum absolute atomic E-state index is 0.555. The molecular weight excluding hydrogens is 256 g/mol. The Morgan fingerprint density at radius 2 is 2.00 bits per heavy atom. The molecule has 112 valence electrons. The highest BCUT2D eigenvalue weighted by Crippen LogP contribution is 2.35. The SMILES string of the molecule is CC(C)C1CNC(C2CC2)CN1C(C)CCS(C)=O. The first kappa shape index (κ1) is 15.5. The van der Waals surface area contributed by atoms with Crippen LogP contribution in [-0.2, 0) is 10.8 Å². The van der Waals surface area contributed by atoms with Crippen molar-refractivity contribution in [3.8, 4) is 0 Å². The molecule has 2 aliphatic rings. The van der Waals surface area contributed by atoms with Gasteiger partial charge in [-0.05, 0) is 38.0 Å². The van der Waals surface area contributed by atoms with Crippen molar-refractivity contribution in [1.29, 1.82) is 0 Å². The largest absolute Gasteiger partial charge is 0.311 e. The van der Waals surface area contributed by atoms with Gasteiger partial charge in [0.1, 0.15) is 0 Å². The van der Waals surface area contributed by atoms with Crippen LogP contribution < -0.4 is 5.32 Å². The number of rotatable bonds is 6. The highest BCUT2D eigenvalue weighted by Gasteiger charge is 2.39. The summed E-state index contributed by atoms with van der Waals surface area (Å²) in [7, 11) is -0.660. The number of nitrogens with zero attached hydrogens (tertiary/aromatic N) is 1. The monoisotopic (exact) mass is 286 g/mol. The molecule has 0 bridgehead atoms. The van der Waals surface area contributed by atoms with Gasteiger partial charge in [0.15, 0.2) is 0 Å². The predicted octanol–water partition coefficient (Wildman–Crippen LogP) is 1.85. The van der Waals surface area contributed by atoms with E-state index in [1.807, 2.05) is 6.26 Å². The topological polar surface area (TPSA) is 32.3 Å². The van der Waals surface area contributed by atoms with Gasteiger partial charge in [-0.2, -0.15) is 0 Å². The van der Waals surface area contributed by atoms with Crippen molar-refractivity contribution in [1.82, 2.24) is 10.2 Å². The molecule has 1 saturated carbocycles. The second-order valence-electron chi connectivity index (χ2n) is 6.78. The molecule has 0 radical (unpaired) electrons. The van der Waals surface area contributed by atoms with Crippen molar-refractivity contribution in [2.24, 2.45) is 11.8 Å². The van der Waals surface area contributed by atoms with E-state index >= 15 is 0 Å². The maximum Gasteiger partial charge on any atom is 0.0247 e. The van der Waals surface area contributed by atoms with Crippen LogP contribution in [0.15, 0.2) is 0 Å². The first-order valence-corrected chi connectivity index (χ1v) is 9.51. The lowest BCUT2D eigenvalue weighted by Crippen LogP contribution is -2.61. The first-order chi connectivity index (χ1) is 8.99. The van der Waals surface area contributed by atoms with E-state index in [2.05, 4.69) is 31.0 Å². The third kappa shape index (κ3) is 4.27. The summed E-state index contributed by atoms with van der Waals surface area (Å²) in [5.74, 6) is 2.44. The predicted molar refractivity (Wildman–Crippen MR) is 82.9 cm³/mol. The fourth-order valence-corrected chi connectivity index (χ4v) is 3.93. The number of hydrogen-bond donors (Lipinski definition) is 1. The van der Waals surface area contributed by atoms with E-state index < -0.39 is 10.8 Å². The fraction of sp³-hybridized carbons (Fsp3) is 1.00. The van der Waals surface area contributed by atoms with Gasteiger partial charge < -0.3 is 5.32 Å². The summed E-state index contributed by atoms with van der Waals surface area (Å²) < 4.78 is 11.3. The Hall–Kier alpha value is 0.0700. The van der Waals surface area contributed by atoms with Crippen LogP contribution in [-0.4, -0.2) is 52.3 Å². The Morgan fingerprint density at radius 3 is 2.53 bits per heavy atom. The van der Waals surface area contributed by atoms with E-state index in [1.54, 1.807) is 0 Å². The second kappa shape index (κ2) is 6.68. The lowest BCUT2D eigenvalue weighted by molar-refractivity contribution is 0.0563. The molecule has 0 aromatic rings. The van der Waals surface area contributed by atoms with E-state index in [1.165, 1.54) is 19.4 Å². The third-order valence-electron chi connectivity index (χ3n) is 4.77. The van der Waals surface area contributed by atoms with Crippen LogP contribution in [0.25, 0.3) is 0 Å². The van der Waals surface area contributed by atoms with Gasteiger partial charge in [-0.1, -0.05) is 13.8 Å². The molecule has 1 saturated heterocycles. The molecule has 4 unspecified atom stereocenters. The molecule has 0 aromatic carbocycles. The summed E-state index contributed by atoms with van der Waals surface area (Å²) in [6, 6.07) is 1.89. The summed E-state index contributed by atoms with van der Waals surface area (Å²) in [6.45, 7) is 9.27. The minimum Gasteiger partial charge on any atom is -0.311 e. The van der Waals surface area contributed by atoms with Gasteiger partial charge in [-0.25, -0.2) is 0 Å². The van der Waals surface area contributed by atoms with Crippen molar-refractivity contribution in [2.75, 3.05) is 25.1 Å². The molecule has 4 atom stereocenters. The van der Waals surface area contributed by atoms with Crippen LogP contribution in [0.5, 0.6) is 0 Å². The highest BCUT2D eigenvalue weighted by molar-refractivity contribution is 7.84. The van der Waals surface area contributed by atoms with E-state index in [-0.39, 0.29) is 0 Å². The Labute approximate surface area is 121 Å². The summed E-state index contributed by atoms with van der Waals surface area (Å²) >= 11 is 0. The summed E-state index contributed by atoms with van der Waals surface area (Å²) in [4.78, 5) is 2.69. The molecule has 0 spiro atoms. The Balaban J connectivity index is 1.95. The molecule has 4 heteroatoms. The van der Waals surface area contributed by atoms with Crippen molar-refractivity contribution in [2.45, 2.75) is 58.2 Å². The van der Waals surface area contributed by atoms with Crippen molar-refractivity contribution in [3.05, 3.63) is 0 Å². The second-order valence-corrected chi connectivity index (χ2v) is 8.33. The Morgan fingerprint density at radius 1 is 1.32 bits per heavy atom. The number of hydrogen-bond acceptors (Lipinski definition) is 3. The van der Waals surface area contributed by atoms with Gasteiger partial charge in [0.25, 0.3) is 0 Å². The van der Waals surface area contributed by atoms with E-state index in [9.17, 15) is 4.21 Å². The van der Waals surface area contributed by atoms with E-state index in [0.717, 1.165) is 24.6 Å². The standard InChI is InChI=1S/C15H30N2OS/c1-11(2)15-9-16-14(13-5-6-13)10-17(15)12(3)7-8-19(4)18/h11-16H,5-10H2,1-4H3. The molecule has 3 nitrogen and oxygen atoms in total. The average molecular weight is 286 g/mol. The summed E-state index contributed by atoms with van der Waals surface area (Å²) in [5, 5.41) is 3.76. The summed E-state index contributed by atoms with van der Waals surface area (Å²) in [5.41, 5.74) is 0. The fourth-order valence-electron chi connectivity index (χ4n) is 3.26. The summed E-state index contributed by atoms with van der Waals surface area (Å²) in [6.07, 6.45) is 5.69. The number of piperazine rings is 1. The first-order valence-electron chi connectivity index (χ1n) is 7.78. The molecule has 1 aliphatic heterocycles. The van der Waals surface area contributed by atoms with Gasteiger partial charge in [0.2, 0.25) is 0 Å². The molecule has 1 aliphatic carbocycles. The molecule has 1 N–H and O–H groups in total. The zero-order valence-electron chi connectivity index (χ0n) is 12.9. The molecule has 2 fully saturated rings. The van der Waals surface area contributed by atoms with Gasteiger partial charge in [0.05, 0.1) is 0 Å². The van der Waals surface area contributed by atoms with Gasteiger partial charge in [0, 0.05) is 54.0 Å². The van der Waals surface area contributed by atoms with Crippen molar-refractivity contribution >= 4 is 10.8 Å². The van der Waals surface area contributed by atoms with Crippen LogP contribution in [0.2, 0.25) is 0 Å². The zero-order chi connectivity index (χ0) is 14.0. The van der Waals surface area contributed by atoms with E-state index in [0.29, 0.717) is 24.0 Å². The lowest BCUT2D eigenvalue weighted by atomic mass is 9.95. The molecule has 2 rings (SSSR count). The lowest BCUT2D eigenvalue weighted by Gasteiger charge is -2.45. The minimum atomic E-state index is -0.660. The normalized spacial score (nSPS) is 32.5. The Bertz CT molecular complexity index is 317. The average Bonchev–Trinajstić information content (AvgIpc) is 3.19. The molecule has 0 aromatic heterocycles. The third-order valence-corrected chi connectivity index (χ3v) is 5.58. The van der Waals surface area contributed by atoms with Crippen LogP contribution in [0.3, 0.4) is 0 Å². The highest BCUT2D eigenvalue weighted by atomic mass is 32.2. The number of nitrogens with one attached hydrogen (secondary N) is 1. The smallest absolute Gasteiger partial charge is 0.0247 e. The molecule has 1 heterocycles. The van der Waals surface area contributed by atoms with Crippen LogP contribution in [0, 0.1) is 11.8 Å². The van der Waals surface area contributed by atoms with Crippen molar-refractivity contribution < 1.29 is 4.21 Å². The van der Waals surface area contributed by atoms with Gasteiger partial charge in [-0.3, -0.25) is 9.11 Å². The zero-order valence-corrected chi connectivity index (χ0v) is 13.7. The van der Waals surface area contributed by atoms with Crippen LogP contribution in [0.4, 0.5) is 0 Å². The quantitative estimate of drug-likeness (QED) is 0.809. The van der Waals surface area contributed by atoms with Crippen LogP contribution in [0.1, 0.15) is 40.0 Å². The maximum atomic E-state index is 11.3.